The van der Waals surface area contributed by atoms with E-state index in [0.717, 1.165) is 25.7 Å². The molecule has 0 heterocycles. The molecule has 2 heteroatoms. The Morgan fingerprint density at radius 3 is 2.50 bits per heavy atom. The predicted octanol–water partition coefficient (Wildman–Crippen LogP) is 2.33. The Morgan fingerprint density at radius 1 is 1.42 bits per heavy atom. The summed E-state index contributed by atoms with van der Waals surface area (Å²) in [5.41, 5.74) is 0. The Morgan fingerprint density at radius 2 is 2.00 bits per heavy atom. The van der Waals surface area contributed by atoms with Gasteiger partial charge in [-0.1, -0.05) is 13.8 Å². The van der Waals surface area contributed by atoms with E-state index in [1.807, 2.05) is 13.8 Å². The molecule has 69 valence electrons. The molecule has 0 amide bonds. The number of hydrogen-bond acceptors (Lipinski definition) is 2. The third-order valence-corrected chi connectivity index (χ3v) is 2.14. The van der Waals surface area contributed by atoms with Crippen LogP contribution in [0.15, 0.2) is 0 Å². The van der Waals surface area contributed by atoms with E-state index in [2.05, 4.69) is 6.42 Å². The second-order valence-corrected chi connectivity index (χ2v) is 3.66. The van der Waals surface area contributed by atoms with Gasteiger partial charge in [0.15, 0.2) is 0 Å². The maximum absolute atomic E-state index is 11.2. The summed E-state index contributed by atoms with van der Waals surface area (Å²) in [6.07, 6.45) is 6.66. The van der Waals surface area contributed by atoms with Crippen molar-refractivity contribution in [1.29, 1.82) is 0 Å². The van der Waals surface area contributed by atoms with Crippen LogP contribution in [0.1, 0.15) is 39.5 Å². The summed E-state index contributed by atoms with van der Waals surface area (Å²) in [4.78, 5) is 11.2. The highest BCUT2D eigenvalue weighted by atomic mass is 16.5. The highest BCUT2D eigenvalue weighted by Gasteiger charge is 2.18. The van der Waals surface area contributed by atoms with Crippen LogP contribution in [0.4, 0.5) is 0 Å². The minimum atomic E-state index is -0.0538. The Hall–Kier alpha value is -0.530. The minimum absolute atomic E-state index is 0.0101. The predicted molar refractivity (Wildman–Crippen MR) is 47.5 cm³/mol. The molecular formula is C10H17O2. The van der Waals surface area contributed by atoms with Crippen molar-refractivity contribution in [3.63, 3.8) is 0 Å². The van der Waals surface area contributed by atoms with Gasteiger partial charge in [-0.25, -0.2) is 0 Å². The zero-order chi connectivity index (χ0) is 8.97. The molecule has 1 rings (SSSR count). The summed E-state index contributed by atoms with van der Waals surface area (Å²) in [6, 6.07) is 0. The van der Waals surface area contributed by atoms with Gasteiger partial charge in [-0.2, -0.15) is 0 Å². The molecule has 0 unspecified atom stereocenters. The molecule has 12 heavy (non-hydrogen) atoms. The molecular weight excluding hydrogens is 152 g/mol. The largest absolute Gasteiger partial charge is 0.462 e. The van der Waals surface area contributed by atoms with Gasteiger partial charge in [0.05, 0.1) is 5.92 Å². The minimum Gasteiger partial charge on any atom is -0.462 e. The van der Waals surface area contributed by atoms with E-state index in [1.54, 1.807) is 0 Å². The van der Waals surface area contributed by atoms with Gasteiger partial charge < -0.3 is 4.74 Å². The van der Waals surface area contributed by atoms with Gasteiger partial charge in [0, 0.05) is 0 Å². The van der Waals surface area contributed by atoms with Crippen molar-refractivity contribution in [2.24, 2.45) is 5.92 Å². The quantitative estimate of drug-likeness (QED) is 0.593. The molecule has 1 radical (unpaired) electrons. The Kier molecular flexibility index (Phi) is 3.57. The lowest BCUT2D eigenvalue weighted by Crippen LogP contribution is -2.23. The molecule has 0 saturated heterocycles. The molecule has 0 aromatic carbocycles. The smallest absolute Gasteiger partial charge is 0.308 e. The maximum atomic E-state index is 11.2. The van der Waals surface area contributed by atoms with Crippen LogP contribution < -0.4 is 0 Å². The molecule has 1 aliphatic carbocycles. The fourth-order valence-corrected chi connectivity index (χ4v) is 1.31. The number of esters is 1. The summed E-state index contributed by atoms with van der Waals surface area (Å²) >= 11 is 0. The lowest BCUT2D eigenvalue weighted by atomic mass is 9.98. The monoisotopic (exact) mass is 169 g/mol. The first-order valence-corrected chi connectivity index (χ1v) is 4.72. The second-order valence-electron chi connectivity index (χ2n) is 3.66. The van der Waals surface area contributed by atoms with E-state index in [9.17, 15) is 4.79 Å². The van der Waals surface area contributed by atoms with E-state index in [0.29, 0.717) is 0 Å². The van der Waals surface area contributed by atoms with E-state index in [4.69, 9.17) is 4.74 Å². The van der Waals surface area contributed by atoms with E-state index in [1.165, 1.54) is 0 Å². The molecule has 0 aromatic heterocycles. The molecule has 0 bridgehead atoms. The van der Waals surface area contributed by atoms with Crippen molar-refractivity contribution in [2.75, 3.05) is 0 Å². The van der Waals surface area contributed by atoms with Crippen molar-refractivity contribution in [1.82, 2.24) is 0 Å². The zero-order valence-electron chi connectivity index (χ0n) is 7.88. The van der Waals surface area contributed by atoms with Crippen LogP contribution in [-0.4, -0.2) is 12.1 Å². The average molecular weight is 169 g/mol. The fraction of sp³-hybridized carbons (Fsp3) is 0.800. The number of carbonyl (C=O) groups excluding carboxylic acids is 1. The SMILES string of the molecule is CC(C)C(=O)OC1CC[CH]CC1. The zero-order valence-corrected chi connectivity index (χ0v) is 7.88. The standard InChI is InChI=1S/C10H17O2/c1-8(2)10(11)12-9-6-4-3-5-7-9/h3,8-9H,4-7H2,1-2H3. The lowest BCUT2D eigenvalue weighted by molar-refractivity contribution is -0.153. The number of rotatable bonds is 2. The van der Waals surface area contributed by atoms with E-state index >= 15 is 0 Å². The van der Waals surface area contributed by atoms with Crippen molar-refractivity contribution in [3.05, 3.63) is 6.42 Å². The maximum Gasteiger partial charge on any atom is 0.308 e. The molecule has 0 spiro atoms. The van der Waals surface area contributed by atoms with Gasteiger partial charge in [0.1, 0.15) is 6.10 Å². The number of carbonyl (C=O) groups is 1. The van der Waals surface area contributed by atoms with Crippen LogP contribution in [0.3, 0.4) is 0 Å². The number of ether oxygens (including phenoxy) is 1. The molecule has 1 fully saturated rings. The molecule has 0 aliphatic heterocycles. The summed E-state index contributed by atoms with van der Waals surface area (Å²) in [7, 11) is 0. The third-order valence-electron chi connectivity index (χ3n) is 2.14. The third kappa shape index (κ3) is 2.84. The molecule has 0 aromatic rings. The summed E-state index contributed by atoms with van der Waals surface area (Å²) in [5.74, 6) is -0.0437. The topological polar surface area (TPSA) is 26.3 Å². The van der Waals surface area contributed by atoms with E-state index in [-0.39, 0.29) is 18.0 Å². The average Bonchev–Trinajstić information content (AvgIpc) is 2.06. The summed E-state index contributed by atoms with van der Waals surface area (Å²) in [6.45, 7) is 3.74. The summed E-state index contributed by atoms with van der Waals surface area (Å²) in [5, 5.41) is 0. The van der Waals surface area contributed by atoms with Gasteiger partial charge >= 0.3 is 5.97 Å². The van der Waals surface area contributed by atoms with Crippen molar-refractivity contribution in [3.8, 4) is 0 Å². The van der Waals surface area contributed by atoms with Gasteiger partial charge in [-0.05, 0) is 32.1 Å². The molecule has 0 N–H and O–H groups in total. The van der Waals surface area contributed by atoms with Crippen LogP contribution in [0.5, 0.6) is 0 Å². The first-order valence-electron chi connectivity index (χ1n) is 4.72. The van der Waals surface area contributed by atoms with Crippen molar-refractivity contribution < 1.29 is 9.53 Å². The van der Waals surface area contributed by atoms with Crippen LogP contribution in [0.2, 0.25) is 0 Å². The van der Waals surface area contributed by atoms with Crippen molar-refractivity contribution >= 4 is 5.97 Å². The van der Waals surface area contributed by atoms with Crippen LogP contribution in [0.25, 0.3) is 0 Å². The van der Waals surface area contributed by atoms with Crippen molar-refractivity contribution in [2.45, 2.75) is 45.6 Å². The highest BCUT2D eigenvalue weighted by molar-refractivity contribution is 5.71. The molecule has 0 atom stereocenters. The Balaban J connectivity index is 2.24. The lowest BCUT2D eigenvalue weighted by Gasteiger charge is -2.22. The van der Waals surface area contributed by atoms with Gasteiger partial charge in [-0.15, -0.1) is 0 Å². The van der Waals surface area contributed by atoms with Gasteiger partial charge in [-0.3, -0.25) is 4.79 Å². The van der Waals surface area contributed by atoms with Crippen LogP contribution >= 0.6 is 0 Å². The van der Waals surface area contributed by atoms with Crippen LogP contribution in [-0.2, 0) is 9.53 Å². The number of hydrogen-bond donors (Lipinski definition) is 0. The molecule has 1 saturated carbocycles. The fourth-order valence-electron chi connectivity index (χ4n) is 1.31. The molecule has 2 nitrogen and oxygen atoms in total. The van der Waals surface area contributed by atoms with Gasteiger partial charge in [0.2, 0.25) is 0 Å². The first-order chi connectivity index (χ1) is 5.70. The normalized spacial score (nSPS) is 19.6. The van der Waals surface area contributed by atoms with E-state index < -0.39 is 0 Å². The van der Waals surface area contributed by atoms with Crippen LogP contribution in [0, 0.1) is 12.3 Å². The summed E-state index contributed by atoms with van der Waals surface area (Å²) < 4.78 is 5.29. The highest BCUT2D eigenvalue weighted by Crippen LogP contribution is 2.20. The first kappa shape index (κ1) is 9.56. The molecule has 1 aliphatic rings. The van der Waals surface area contributed by atoms with Gasteiger partial charge in [0.25, 0.3) is 0 Å². The Bertz CT molecular complexity index is 146. The second kappa shape index (κ2) is 4.48. The Labute approximate surface area is 74.3 Å².